The Morgan fingerprint density at radius 2 is 1.87 bits per heavy atom. The maximum absolute atomic E-state index is 2.35. The molecule has 0 fully saturated rings. The van der Waals surface area contributed by atoms with Crippen molar-refractivity contribution in [3.8, 4) is 0 Å². The van der Waals surface area contributed by atoms with Crippen LogP contribution in [0.3, 0.4) is 0 Å². The van der Waals surface area contributed by atoms with Crippen LogP contribution in [0.25, 0.3) is 5.52 Å². The second-order valence-corrected chi connectivity index (χ2v) is 3.59. The Bertz CT molecular complexity index is 447. The van der Waals surface area contributed by atoms with Gasteiger partial charge in [-0.15, -0.1) is 0 Å². The van der Waals surface area contributed by atoms with Crippen molar-refractivity contribution in [2.75, 3.05) is 18.0 Å². The van der Waals surface area contributed by atoms with Gasteiger partial charge in [-0.2, -0.15) is 4.40 Å². The van der Waals surface area contributed by atoms with Crippen LogP contribution in [0.15, 0.2) is 42.7 Å². The number of hydrogen-bond donors (Lipinski definition) is 0. The Morgan fingerprint density at radius 1 is 1.07 bits per heavy atom. The van der Waals surface area contributed by atoms with Gasteiger partial charge in [-0.25, -0.2) is 0 Å². The summed E-state index contributed by atoms with van der Waals surface area (Å²) in [5, 5.41) is 0. The van der Waals surface area contributed by atoms with Crippen LogP contribution in [-0.2, 0) is 0 Å². The van der Waals surface area contributed by atoms with Gasteiger partial charge in [0.2, 0.25) is 5.52 Å². The topological polar surface area (TPSA) is 7.34 Å². The summed E-state index contributed by atoms with van der Waals surface area (Å²) in [5.41, 5.74) is 2.54. The van der Waals surface area contributed by atoms with Crippen LogP contribution in [0.5, 0.6) is 0 Å². The highest BCUT2D eigenvalue weighted by atomic mass is 15.1. The summed E-state index contributed by atoms with van der Waals surface area (Å²) in [6.45, 7) is 6.48. The summed E-state index contributed by atoms with van der Waals surface area (Å²) in [6.07, 6.45) is 4.18. The van der Waals surface area contributed by atoms with Gasteiger partial charge in [-0.05, 0) is 19.9 Å². The summed E-state index contributed by atoms with van der Waals surface area (Å²) in [5.74, 6) is 0. The maximum atomic E-state index is 2.35. The number of anilines is 1. The first-order chi connectivity index (χ1) is 7.35. The standard InChI is InChI=1S/C13H17N2/c1-3-14(4-2)13-8-10-15-9-6-5-7-12(15)11-13/h5-11H,3-4H2,1-2H3/q+1. The Morgan fingerprint density at radius 3 is 2.60 bits per heavy atom. The largest absolute Gasteiger partial charge is 0.372 e. The molecular weight excluding hydrogens is 184 g/mol. The van der Waals surface area contributed by atoms with Crippen molar-refractivity contribution in [2.45, 2.75) is 13.8 Å². The van der Waals surface area contributed by atoms with Gasteiger partial charge in [0.1, 0.15) is 0 Å². The summed E-state index contributed by atoms with van der Waals surface area (Å²) in [7, 11) is 0. The van der Waals surface area contributed by atoms with Crippen molar-refractivity contribution in [3.63, 3.8) is 0 Å². The van der Waals surface area contributed by atoms with Gasteiger partial charge in [0.15, 0.2) is 12.4 Å². The highest BCUT2D eigenvalue weighted by Crippen LogP contribution is 2.13. The van der Waals surface area contributed by atoms with Crippen molar-refractivity contribution in [2.24, 2.45) is 0 Å². The summed E-state index contributed by atoms with van der Waals surface area (Å²) in [6, 6.07) is 10.6. The monoisotopic (exact) mass is 201 g/mol. The van der Waals surface area contributed by atoms with Crippen molar-refractivity contribution in [1.82, 2.24) is 0 Å². The number of fused-ring (bicyclic) bond motifs is 1. The van der Waals surface area contributed by atoms with Gasteiger partial charge in [0.05, 0.1) is 0 Å². The minimum absolute atomic E-state index is 1.06. The van der Waals surface area contributed by atoms with E-state index in [0.717, 1.165) is 13.1 Å². The van der Waals surface area contributed by atoms with E-state index in [9.17, 15) is 0 Å². The molecule has 0 saturated carbocycles. The van der Waals surface area contributed by atoms with E-state index in [1.54, 1.807) is 0 Å². The van der Waals surface area contributed by atoms with Crippen molar-refractivity contribution >= 4 is 11.2 Å². The van der Waals surface area contributed by atoms with Crippen LogP contribution in [0.4, 0.5) is 5.69 Å². The Labute approximate surface area is 90.8 Å². The third kappa shape index (κ3) is 1.94. The van der Waals surface area contributed by atoms with E-state index >= 15 is 0 Å². The molecule has 0 unspecified atom stereocenters. The predicted octanol–water partition coefficient (Wildman–Crippen LogP) is 2.27. The Balaban J connectivity index is 2.46. The number of nitrogens with zero attached hydrogens (tertiary/aromatic N) is 2. The number of pyridine rings is 2. The lowest BCUT2D eigenvalue weighted by molar-refractivity contribution is -0.511. The van der Waals surface area contributed by atoms with Crippen molar-refractivity contribution < 1.29 is 4.40 Å². The van der Waals surface area contributed by atoms with E-state index in [0.29, 0.717) is 0 Å². The first kappa shape index (κ1) is 9.97. The molecule has 78 valence electrons. The summed E-state index contributed by atoms with van der Waals surface area (Å²) >= 11 is 0. The fraction of sp³-hybridized carbons (Fsp3) is 0.308. The Kier molecular flexibility index (Phi) is 2.86. The van der Waals surface area contributed by atoms with E-state index in [2.05, 4.69) is 59.8 Å². The molecule has 0 aliphatic heterocycles. The van der Waals surface area contributed by atoms with E-state index < -0.39 is 0 Å². The van der Waals surface area contributed by atoms with Crippen LogP contribution in [0, 0.1) is 0 Å². The molecule has 0 aliphatic carbocycles. The molecular formula is C13H17N2+. The molecule has 0 aromatic carbocycles. The first-order valence-electron chi connectivity index (χ1n) is 5.50. The molecule has 0 saturated heterocycles. The van der Waals surface area contributed by atoms with Gasteiger partial charge < -0.3 is 4.90 Å². The maximum Gasteiger partial charge on any atom is 0.212 e. The zero-order valence-corrected chi connectivity index (χ0v) is 9.35. The van der Waals surface area contributed by atoms with E-state index in [-0.39, 0.29) is 0 Å². The molecule has 0 bridgehead atoms. The second kappa shape index (κ2) is 4.30. The van der Waals surface area contributed by atoms with Gasteiger partial charge in [-0.3, -0.25) is 0 Å². The van der Waals surface area contributed by atoms with E-state index in [1.165, 1.54) is 11.2 Å². The molecule has 2 heterocycles. The Hall–Kier alpha value is -1.57. The third-order valence-electron chi connectivity index (χ3n) is 2.75. The fourth-order valence-corrected chi connectivity index (χ4v) is 1.87. The predicted molar refractivity (Wildman–Crippen MR) is 63.2 cm³/mol. The molecule has 2 aromatic heterocycles. The molecule has 0 amide bonds. The quantitative estimate of drug-likeness (QED) is 0.691. The molecule has 0 radical (unpaired) electrons. The van der Waals surface area contributed by atoms with Gasteiger partial charge in [0.25, 0.3) is 0 Å². The van der Waals surface area contributed by atoms with Crippen LogP contribution < -0.4 is 9.30 Å². The number of rotatable bonds is 3. The number of hydrogen-bond acceptors (Lipinski definition) is 1. The zero-order chi connectivity index (χ0) is 10.7. The van der Waals surface area contributed by atoms with Crippen LogP contribution in [0.1, 0.15) is 13.8 Å². The van der Waals surface area contributed by atoms with E-state index in [4.69, 9.17) is 0 Å². The summed E-state index contributed by atoms with van der Waals surface area (Å²) in [4.78, 5) is 2.35. The molecule has 0 atom stereocenters. The minimum Gasteiger partial charge on any atom is -0.372 e. The van der Waals surface area contributed by atoms with Gasteiger partial charge >= 0.3 is 0 Å². The molecule has 0 aliphatic rings. The van der Waals surface area contributed by atoms with Crippen LogP contribution in [-0.4, -0.2) is 13.1 Å². The summed E-state index contributed by atoms with van der Waals surface area (Å²) < 4.78 is 2.13. The van der Waals surface area contributed by atoms with E-state index in [1.807, 2.05) is 6.07 Å². The average molecular weight is 201 g/mol. The molecule has 2 heteroatoms. The third-order valence-corrected chi connectivity index (χ3v) is 2.75. The highest BCUT2D eigenvalue weighted by Gasteiger charge is 2.06. The molecule has 0 N–H and O–H groups in total. The minimum atomic E-state index is 1.06. The smallest absolute Gasteiger partial charge is 0.212 e. The number of aromatic nitrogens is 1. The van der Waals surface area contributed by atoms with Crippen molar-refractivity contribution in [1.29, 1.82) is 0 Å². The van der Waals surface area contributed by atoms with Gasteiger partial charge in [0, 0.05) is 43.0 Å². The lowest BCUT2D eigenvalue weighted by Crippen LogP contribution is -2.25. The molecule has 2 rings (SSSR count). The fourth-order valence-electron chi connectivity index (χ4n) is 1.87. The second-order valence-electron chi connectivity index (χ2n) is 3.59. The van der Waals surface area contributed by atoms with Crippen LogP contribution >= 0.6 is 0 Å². The SMILES string of the molecule is CCN(CC)c1cc[n+]2ccccc2c1. The highest BCUT2D eigenvalue weighted by molar-refractivity contribution is 5.55. The van der Waals surface area contributed by atoms with Crippen LogP contribution in [0.2, 0.25) is 0 Å². The normalized spacial score (nSPS) is 10.5. The lowest BCUT2D eigenvalue weighted by Gasteiger charge is -2.19. The molecule has 2 nitrogen and oxygen atoms in total. The van der Waals surface area contributed by atoms with Gasteiger partial charge in [-0.1, -0.05) is 0 Å². The molecule has 15 heavy (non-hydrogen) atoms. The first-order valence-corrected chi connectivity index (χ1v) is 5.50. The lowest BCUT2D eigenvalue weighted by atomic mass is 10.3. The zero-order valence-electron chi connectivity index (χ0n) is 9.35. The molecule has 2 aromatic rings. The molecule has 0 spiro atoms. The average Bonchev–Trinajstić information content (AvgIpc) is 2.30. The van der Waals surface area contributed by atoms with Crippen molar-refractivity contribution in [3.05, 3.63) is 42.7 Å².